The highest BCUT2D eigenvalue weighted by atomic mass is 15.1. The van der Waals surface area contributed by atoms with Crippen LogP contribution >= 0.6 is 0 Å². The molecule has 0 atom stereocenters. The second-order valence-corrected chi connectivity index (χ2v) is 16.2. The highest BCUT2D eigenvalue weighted by Gasteiger charge is 2.18. The molecule has 0 aliphatic rings. The maximum Gasteiger partial charge on any atom is 0.0541 e. The molecule has 12 rings (SSSR count). The van der Waals surface area contributed by atoms with Gasteiger partial charge < -0.3 is 14.0 Å². The summed E-state index contributed by atoms with van der Waals surface area (Å²) in [6.07, 6.45) is 0. The van der Waals surface area contributed by atoms with E-state index < -0.39 is 0 Å². The molecule has 10 aromatic carbocycles. The van der Waals surface area contributed by atoms with Gasteiger partial charge in [0.05, 0.1) is 22.1 Å². The van der Waals surface area contributed by atoms with Crippen molar-refractivity contribution >= 4 is 60.7 Å². The Bertz CT molecular complexity index is 3600. The smallest absolute Gasteiger partial charge is 0.0541 e. The second kappa shape index (κ2) is 15.3. The Labute approximate surface area is 366 Å². The summed E-state index contributed by atoms with van der Waals surface area (Å²) in [5.74, 6) is 0. The van der Waals surface area contributed by atoms with Gasteiger partial charge in [0, 0.05) is 50.0 Å². The molecule has 0 bridgehead atoms. The van der Waals surface area contributed by atoms with Crippen molar-refractivity contribution in [2.45, 2.75) is 0 Å². The van der Waals surface area contributed by atoms with Crippen LogP contribution in [0.25, 0.3) is 88.4 Å². The van der Waals surface area contributed by atoms with Crippen LogP contribution in [0.3, 0.4) is 0 Å². The Hall–Kier alpha value is -8.40. The predicted octanol–water partition coefficient (Wildman–Crippen LogP) is 16.4. The molecule has 12 aromatic rings. The molecule has 296 valence electrons. The number of fused-ring (bicyclic) bond motifs is 6. The number of nitrogens with zero attached hydrogens (tertiary/aromatic N) is 3. The normalized spacial score (nSPS) is 11.5. The minimum atomic E-state index is 1.10. The van der Waals surface area contributed by atoms with Gasteiger partial charge in [-0.2, -0.15) is 0 Å². The third-order valence-corrected chi connectivity index (χ3v) is 12.5. The van der Waals surface area contributed by atoms with E-state index in [-0.39, 0.29) is 0 Å². The zero-order valence-electron chi connectivity index (χ0n) is 34.5. The predicted molar refractivity (Wildman–Crippen MR) is 266 cm³/mol. The van der Waals surface area contributed by atoms with Crippen LogP contribution in [0.4, 0.5) is 17.1 Å². The molecule has 0 fully saturated rings. The first kappa shape index (κ1) is 36.5. The van der Waals surface area contributed by atoms with E-state index in [0.717, 1.165) is 34.0 Å². The molecule has 3 nitrogen and oxygen atoms in total. The largest absolute Gasteiger partial charge is 0.310 e. The summed E-state index contributed by atoms with van der Waals surface area (Å²) in [4.78, 5) is 2.36. The van der Waals surface area contributed by atoms with Gasteiger partial charge in [-0.05, 0) is 137 Å². The molecule has 0 aliphatic carbocycles. The van der Waals surface area contributed by atoms with E-state index in [1.807, 2.05) is 0 Å². The number of rotatable bonds is 8. The Balaban J connectivity index is 1.00. The average Bonchev–Trinajstić information content (AvgIpc) is 3.87. The van der Waals surface area contributed by atoms with E-state index in [1.54, 1.807) is 0 Å². The number of benzene rings is 10. The first-order chi connectivity index (χ1) is 31.2. The summed E-state index contributed by atoms with van der Waals surface area (Å²) >= 11 is 0. The van der Waals surface area contributed by atoms with Crippen LogP contribution in [0.5, 0.6) is 0 Å². The van der Waals surface area contributed by atoms with Crippen molar-refractivity contribution in [2.75, 3.05) is 4.90 Å². The Morgan fingerprint density at radius 3 is 1.08 bits per heavy atom. The molecule has 0 N–H and O–H groups in total. The van der Waals surface area contributed by atoms with Crippen molar-refractivity contribution in [3.63, 3.8) is 0 Å². The van der Waals surface area contributed by atoms with E-state index in [1.165, 1.54) is 71.4 Å². The highest BCUT2D eigenvalue weighted by Crippen LogP contribution is 2.42. The van der Waals surface area contributed by atoms with Crippen molar-refractivity contribution in [3.8, 4) is 44.8 Å². The number of para-hydroxylation sites is 4. The summed E-state index contributed by atoms with van der Waals surface area (Å²) in [6, 6.07) is 90.1. The van der Waals surface area contributed by atoms with Crippen molar-refractivity contribution in [2.24, 2.45) is 0 Å². The fourth-order valence-electron chi connectivity index (χ4n) is 9.55. The fourth-order valence-corrected chi connectivity index (χ4v) is 9.55. The molecule has 0 radical (unpaired) electrons. The van der Waals surface area contributed by atoms with Gasteiger partial charge in [0.15, 0.2) is 0 Å². The van der Waals surface area contributed by atoms with Crippen molar-refractivity contribution in [1.29, 1.82) is 0 Å². The molecule has 0 amide bonds. The highest BCUT2D eigenvalue weighted by molar-refractivity contribution is 6.13. The van der Waals surface area contributed by atoms with Crippen LogP contribution in [0.2, 0.25) is 0 Å². The monoisotopic (exact) mass is 803 g/mol. The lowest BCUT2D eigenvalue weighted by Crippen LogP contribution is -2.10. The molecule has 0 spiro atoms. The van der Waals surface area contributed by atoms with Gasteiger partial charge in [0.1, 0.15) is 0 Å². The van der Waals surface area contributed by atoms with Gasteiger partial charge in [-0.1, -0.05) is 146 Å². The lowest BCUT2D eigenvalue weighted by molar-refractivity contribution is 1.18. The quantitative estimate of drug-likeness (QED) is 0.149. The average molecular weight is 804 g/mol. The zero-order chi connectivity index (χ0) is 41.7. The van der Waals surface area contributed by atoms with E-state index in [4.69, 9.17) is 0 Å². The molecule has 0 unspecified atom stereocenters. The molecule has 63 heavy (non-hydrogen) atoms. The van der Waals surface area contributed by atoms with Crippen LogP contribution in [-0.2, 0) is 0 Å². The molecule has 2 heterocycles. The topological polar surface area (TPSA) is 13.1 Å². The summed E-state index contributed by atoms with van der Waals surface area (Å²) in [5, 5.41) is 4.94. The van der Waals surface area contributed by atoms with E-state index in [0.29, 0.717) is 0 Å². The third-order valence-electron chi connectivity index (χ3n) is 12.5. The standard InChI is InChI=1S/C60H41N3/c1-5-17-42(18-6-1)43-19-15-27-51(37-43)61(48-21-7-2-8-22-48)52-28-16-20-44(38-52)45-31-35-59-55(40-45)56-41-47(33-36-60(56)63(59)50-25-11-4-12-26-50)46-32-34-58-54(39-46)53-29-13-14-30-57(53)62(58)49-23-9-3-10-24-49/h1-41H. The van der Waals surface area contributed by atoms with Crippen LogP contribution in [0.1, 0.15) is 0 Å². The van der Waals surface area contributed by atoms with Gasteiger partial charge in [-0.25, -0.2) is 0 Å². The van der Waals surface area contributed by atoms with Gasteiger partial charge in [-0.3, -0.25) is 0 Å². The second-order valence-electron chi connectivity index (χ2n) is 16.2. The lowest BCUT2D eigenvalue weighted by atomic mass is 9.99. The molecule has 0 aliphatic heterocycles. The van der Waals surface area contributed by atoms with Crippen LogP contribution in [0, 0.1) is 0 Å². The molecule has 0 saturated heterocycles. The van der Waals surface area contributed by atoms with Crippen LogP contribution in [0.15, 0.2) is 249 Å². The summed E-state index contributed by atoms with van der Waals surface area (Å²) in [7, 11) is 0. The van der Waals surface area contributed by atoms with Crippen molar-refractivity contribution < 1.29 is 0 Å². The van der Waals surface area contributed by atoms with Gasteiger partial charge >= 0.3 is 0 Å². The first-order valence-electron chi connectivity index (χ1n) is 21.6. The molecular formula is C60H41N3. The maximum absolute atomic E-state index is 2.40. The van der Waals surface area contributed by atoms with Crippen LogP contribution < -0.4 is 4.90 Å². The third kappa shape index (κ3) is 6.38. The number of aromatic nitrogens is 2. The number of hydrogen-bond donors (Lipinski definition) is 0. The van der Waals surface area contributed by atoms with Crippen molar-refractivity contribution in [1.82, 2.24) is 9.13 Å². The minimum absolute atomic E-state index is 1.10. The van der Waals surface area contributed by atoms with Crippen LogP contribution in [-0.4, -0.2) is 9.13 Å². The molecule has 2 aromatic heterocycles. The summed E-state index contributed by atoms with van der Waals surface area (Å²) in [6.45, 7) is 0. The zero-order valence-corrected chi connectivity index (χ0v) is 34.5. The van der Waals surface area contributed by atoms with E-state index in [2.05, 4.69) is 263 Å². The Morgan fingerprint density at radius 1 is 0.222 bits per heavy atom. The molecule has 3 heteroatoms. The minimum Gasteiger partial charge on any atom is -0.310 e. The van der Waals surface area contributed by atoms with Crippen molar-refractivity contribution in [3.05, 3.63) is 249 Å². The summed E-state index contributed by atoms with van der Waals surface area (Å²) < 4.78 is 4.78. The SMILES string of the molecule is c1ccc(-c2cccc(N(c3ccccc3)c3cccc(-c4ccc5c(c4)c4cc(-c6ccc7c(c6)c6ccccc6n7-c6ccccc6)ccc4n5-c4ccccc4)c3)c2)cc1. The van der Waals surface area contributed by atoms with Gasteiger partial charge in [0.25, 0.3) is 0 Å². The first-order valence-corrected chi connectivity index (χ1v) is 21.6. The van der Waals surface area contributed by atoms with Gasteiger partial charge in [-0.15, -0.1) is 0 Å². The lowest BCUT2D eigenvalue weighted by Gasteiger charge is -2.26. The molecular weight excluding hydrogens is 763 g/mol. The van der Waals surface area contributed by atoms with E-state index >= 15 is 0 Å². The molecule has 0 saturated carbocycles. The fraction of sp³-hybridized carbons (Fsp3) is 0. The Morgan fingerprint density at radius 2 is 0.571 bits per heavy atom. The number of anilines is 3. The Kier molecular flexibility index (Phi) is 8.83. The van der Waals surface area contributed by atoms with Gasteiger partial charge in [0.2, 0.25) is 0 Å². The van der Waals surface area contributed by atoms with E-state index in [9.17, 15) is 0 Å². The number of hydrogen-bond acceptors (Lipinski definition) is 1. The summed E-state index contributed by atoms with van der Waals surface area (Å²) in [5.41, 5.74) is 17.5. The maximum atomic E-state index is 2.40.